The van der Waals surface area contributed by atoms with Crippen LogP contribution < -0.4 is 5.32 Å². The third kappa shape index (κ3) is 4.25. The molecule has 0 unspecified atom stereocenters. The summed E-state index contributed by atoms with van der Waals surface area (Å²) in [5.74, 6) is 0. The van der Waals surface area contributed by atoms with Gasteiger partial charge in [0.05, 0.1) is 0 Å². The molecule has 1 heterocycles. The molecule has 0 saturated heterocycles. The van der Waals surface area contributed by atoms with E-state index in [4.69, 9.17) is 0 Å². The molecule has 0 bridgehead atoms. The zero-order chi connectivity index (χ0) is 11.5. The van der Waals surface area contributed by atoms with Crippen molar-refractivity contribution in [3.05, 3.63) is 20.3 Å². The van der Waals surface area contributed by atoms with Crippen LogP contribution in [-0.2, 0) is 6.54 Å². The molecule has 15 heavy (non-hydrogen) atoms. The van der Waals surface area contributed by atoms with Crippen LogP contribution in [0.15, 0.2) is 10.5 Å². The van der Waals surface area contributed by atoms with Gasteiger partial charge in [-0.05, 0) is 49.2 Å². The largest absolute Gasteiger partial charge is 0.307 e. The number of aryl methyl sites for hydroxylation is 1. The van der Waals surface area contributed by atoms with Gasteiger partial charge < -0.3 is 5.32 Å². The van der Waals surface area contributed by atoms with E-state index in [2.05, 4.69) is 55.0 Å². The van der Waals surface area contributed by atoms with Crippen LogP contribution >= 0.6 is 27.3 Å². The molecule has 1 rings (SSSR count). The van der Waals surface area contributed by atoms with Gasteiger partial charge in [0.15, 0.2) is 0 Å². The molecule has 1 aromatic heterocycles. The van der Waals surface area contributed by atoms with Crippen LogP contribution in [0.2, 0.25) is 0 Å². The maximum atomic E-state index is 3.61. The third-order valence-electron chi connectivity index (χ3n) is 2.52. The Morgan fingerprint density at radius 1 is 1.47 bits per heavy atom. The Morgan fingerprint density at radius 3 is 2.60 bits per heavy atom. The van der Waals surface area contributed by atoms with Crippen LogP contribution in [0.5, 0.6) is 0 Å². The van der Waals surface area contributed by atoms with Crippen LogP contribution in [0.4, 0.5) is 0 Å². The number of thiophene rings is 1. The Labute approximate surface area is 105 Å². The lowest BCUT2D eigenvalue weighted by molar-refractivity contribution is 0.358. The molecule has 3 heteroatoms. The van der Waals surface area contributed by atoms with E-state index in [1.54, 1.807) is 0 Å². The van der Waals surface area contributed by atoms with Crippen molar-refractivity contribution in [1.29, 1.82) is 0 Å². The topological polar surface area (TPSA) is 12.0 Å². The van der Waals surface area contributed by atoms with Crippen LogP contribution in [0, 0.1) is 6.92 Å². The van der Waals surface area contributed by atoms with Crippen molar-refractivity contribution in [1.82, 2.24) is 5.32 Å². The molecule has 0 fully saturated rings. The Morgan fingerprint density at radius 2 is 2.13 bits per heavy atom. The van der Waals surface area contributed by atoms with Crippen molar-refractivity contribution in [2.75, 3.05) is 0 Å². The fourth-order valence-electron chi connectivity index (χ4n) is 1.64. The van der Waals surface area contributed by atoms with Crippen molar-refractivity contribution < 1.29 is 0 Å². The van der Waals surface area contributed by atoms with Crippen LogP contribution in [0.3, 0.4) is 0 Å². The van der Waals surface area contributed by atoms with Gasteiger partial charge in [-0.25, -0.2) is 0 Å². The molecule has 0 aliphatic rings. The number of halogens is 1. The van der Waals surface area contributed by atoms with Crippen LogP contribution in [0.1, 0.15) is 43.4 Å². The quantitative estimate of drug-likeness (QED) is 0.842. The fraction of sp³-hybridized carbons (Fsp3) is 0.667. The third-order valence-corrected chi connectivity index (χ3v) is 4.66. The maximum absolute atomic E-state index is 3.61. The first kappa shape index (κ1) is 13.2. The molecule has 0 atom stereocenters. The molecule has 0 spiro atoms. The summed E-state index contributed by atoms with van der Waals surface area (Å²) in [5, 5.41) is 3.61. The molecule has 0 amide bonds. The maximum Gasteiger partial charge on any atom is 0.0314 e. The highest BCUT2D eigenvalue weighted by Crippen LogP contribution is 2.26. The van der Waals surface area contributed by atoms with Gasteiger partial charge in [-0.15, -0.1) is 11.3 Å². The molecule has 0 radical (unpaired) electrons. The van der Waals surface area contributed by atoms with Gasteiger partial charge in [-0.2, -0.15) is 0 Å². The molecule has 86 valence electrons. The van der Waals surface area contributed by atoms with Gasteiger partial charge in [0.2, 0.25) is 0 Å². The second kappa shape index (κ2) is 5.46. The molecule has 0 aromatic carbocycles. The SMILES string of the molecule is CCCC(C)(C)NCc1cc(Br)c(C)s1. The molecule has 0 saturated carbocycles. The summed E-state index contributed by atoms with van der Waals surface area (Å²) in [5.41, 5.74) is 0.249. The summed E-state index contributed by atoms with van der Waals surface area (Å²) in [4.78, 5) is 2.77. The Balaban J connectivity index is 2.49. The number of nitrogens with one attached hydrogen (secondary N) is 1. The van der Waals surface area contributed by atoms with Gasteiger partial charge in [-0.1, -0.05) is 13.3 Å². The lowest BCUT2D eigenvalue weighted by Crippen LogP contribution is -2.38. The smallest absolute Gasteiger partial charge is 0.0314 e. The van der Waals surface area contributed by atoms with Crippen LogP contribution in [0.25, 0.3) is 0 Å². The highest BCUT2D eigenvalue weighted by molar-refractivity contribution is 9.10. The number of hydrogen-bond acceptors (Lipinski definition) is 2. The van der Waals surface area contributed by atoms with Crippen molar-refractivity contribution in [2.45, 2.75) is 52.6 Å². The van der Waals surface area contributed by atoms with Crippen molar-refractivity contribution >= 4 is 27.3 Å². The van der Waals surface area contributed by atoms with E-state index in [0.717, 1.165) is 6.54 Å². The van der Waals surface area contributed by atoms with Crippen molar-refractivity contribution in [3.8, 4) is 0 Å². The Bertz CT molecular complexity index is 298. The minimum Gasteiger partial charge on any atom is -0.307 e. The Hall–Kier alpha value is 0.140. The highest BCUT2D eigenvalue weighted by atomic mass is 79.9. The monoisotopic (exact) mass is 289 g/mol. The van der Waals surface area contributed by atoms with E-state index >= 15 is 0 Å². The zero-order valence-corrected chi connectivity index (χ0v) is 12.4. The summed E-state index contributed by atoms with van der Waals surface area (Å²) in [6, 6.07) is 2.22. The average molecular weight is 290 g/mol. The van der Waals surface area contributed by atoms with E-state index in [-0.39, 0.29) is 5.54 Å². The normalized spacial score (nSPS) is 12.1. The zero-order valence-electron chi connectivity index (χ0n) is 9.98. The number of rotatable bonds is 5. The molecule has 0 aliphatic carbocycles. The molecule has 1 N–H and O–H groups in total. The first-order valence-electron chi connectivity index (χ1n) is 5.44. The highest BCUT2D eigenvalue weighted by Gasteiger charge is 2.15. The van der Waals surface area contributed by atoms with E-state index < -0.39 is 0 Å². The summed E-state index contributed by atoms with van der Waals surface area (Å²) in [6.07, 6.45) is 2.45. The standard InChI is InChI=1S/C12H20BrNS/c1-5-6-12(3,4)14-8-10-7-11(13)9(2)15-10/h7,14H,5-6,8H2,1-4H3. The molecular formula is C12H20BrNS. The van der Waals surface area contributed by atoms with Crippen molar-refractivity contribution in [3.63, 3.8) is 0 Å². The van der Waals surface area contributed by atoms with E-state index in [1.165, 1.54) is 27.1 Å². The van der Waals surface area contributed by atoms with Gasteiger partial charge in [0.1, 0.15) is 0 Å². The lowest BCUT2D eigenvalue weighted by Gasteiger charge is -2.25. The summed E-state index contributed by atoms with van der Waals surface area (Å²) in [6.45, 7) is 9.90. The summed E-state index contributed by atoms with van der Waals surface area (Å²) in [7, 11) is 0. The minimum atomic E-state index is 0.249. The molecule has 1 nitrogen and oxygen atoms in total. The molecular weight excluding hydrogens is 270 g/mol. The van der Waals surface area contributed by atoms with Gasteiger partial charge in [0.25, 0.3) is 0 Å². The van der Waals surface area contributed by atoms with E-state index in [1.807, 2.05) is 11.3 Å². The minimum absolute atomic E-state index is 0.249. The fourth-order valence-corrected chi connectivity index (χ4v) is 3.19. The van der Waals surface area contributed by atoms with Gasteiger partial charge in [0, 0.05) is 26.3 Å². The predicted molar refractivity (Wildman–Crippen MR) is 72.6 cm³/mol. The van der Waals surface area contributed by atoms with E-state index in [9.17, 15) is 0 Å². The summed E-state index contributed by atoms with van der Waals surface area (Å²) >= 11 is 5.41. The Kier molecular flexibility index (Phi) is 4.81. The van der Waals surface area contributed by atoms with Crippen LogP contribution in [-0.4, -0.2) is 5.54 Å². The first-order valence-corrected chi connectivity index (χ1v) is 7.05. The first-order chi connectivity index (χ1) is 6.94. The van der Waals surface area contributed by atoms with Crippen molar-refractivity contribution in [2.24, 2.45) is 0 Å². The number of hydrogen-bond donors (Lipinski definition) is 1. The van der Waals surface area contributed by atoms with E-state index in [0.29, 0.717) is 0 Å². The second-order valence-electron chi connectivity index (χ2n) is 4.60. The lowest BCUT2D eigenvalue weighted by atomic mass is 9.99. The average Bonchev–Trinajstić information content (AvgIpc) is 2.44. The predicted octanol–water partition coefficient (Wildman–Crippen LogP) is 4.49. The van der Waals surface area contributed by atoms with Gasteiger partial charge in [-0.3, -0.25) is 0 Å². The summed E-state index contributed by atoms with van der Waals surface area (Å²) < 4.78 is 1.23. The molecule has 1 aromatic rings. The van der Waals surface area contributed by atoms with Gasteiger partial charge >= 0.3 is 0 Å². The second-order valence-corrected chi connectivity index (χ2v) is 6.80. The molecule has 0 aliphatic heterocycles.